The van der Waals surface area contributed by atoms with Gasteiger partial charge >= 0.3 is 0 Å². The van der Waals surface area contributed by atoms with E-state index in [0.29, 0.717) is 18.7 Å². The number of benzene rings is 1. The molecule has 0 heterocycles. The van der Waals surface area contributed by atoms with Gasteiger partial charge in [0.2, 0.25) is 7.37 Å². The molecule has 0 spiro atoms. The quantitative estimate of drug-likeness (QED) is 0.691. The minimum atomic E-state index is -2.86. The largest absolute Gasteiger partial charge is 0.391 e. The van der Waals surface area contributed by atoms with E-state index >= 15 is 0 Å². The highest BCUT2D eigenvalue weighted by Crippen LogP contribution is 2.51. The third-order valence-electron chi connectivity index (χ3n) is 4.33. The highest BCUT2D eigenvalue weighted by molar-refractivity contribution is 7.59. The lowest BCUT2D eigenvalue weighted by molar-refractivity contribution is 0.195. The maximum absolute atomic E-state index is 13.2. The van der Waals surface area contributed by atoms with Crippen LogP contribution in [-0.4, -0.2) is 30.1 Å². The lowest BCUT2D eigenvalue weighted by Gasteiger charge is -2.28. The van der Waals surface area contributed by atoms with Crippen molar-refractivity contribution in [2.45, 2.75) is 44.8 Å². The number of aliphatic hydroxyl groups excluding tert-OH is 1. The van der Waals surface area contributed by atoms with Crippen LogP contribution in [0.3, 0.4) is 0 Å². The van der Waals surface area contributed by atoms with Crippen molar-refractivity contribution in [3.63, 3.8) is 0 Å². The minimum absolute atomic E-state index is 0. The predicted octanol–water partition coefficient (Wildman–Crippen LogP) is 3.80. The standard InChI is InChI=1S/C17H28NO3P.ClH/c18-11-17(19)14-22(20,13-16-9-5-2-6-10-16)21-12-15-7-3-1-4-8-15;/h1,3-4,7-8,16-17,19H,2,5-6,9-14,18H2;1H/t17-,22?;/m1./s1. The predicted molar refractivity (Wildman–Crippen MR) is 97.5 cm³/mol. The molecule has 1 aliphatic rings. The van der Waals surface area contributed by atoms with Crippen LogP contribution in [0.4, 0.5) is 0 Å². The van der Waals surface area contributed by atoms with Gasteiger partial charge in [-0.15, -0.1) is 12.4 Å². The zero-order chi connectivity index (χ0) is 15.8. The summed E-state index contributed by atoms with van der Waals surface area (Å²) >= 11 is 0. The normalized spacial score (nSPS) is 19.6. The van der Waals surface area contributed by atoms with Gasteiger partial charge in [-0.1, -0.05) is 49.6 Å². The van der Waals surface area contributed by atoms with E-state index in [1.54, 1.807) is 0 Å². The summed E-state index contributed by atoms with van der Waals surface area (Å²) in [5.74, 6) is 0.459. The zero-order valence-corrected chi connectivity index (χ0v) is 15.3. The minimum Gasteiger partial charge on any atom is -0.391 e. The summed E-state index contributed by atoms with van der Waals surface area (Å²) in [6, 6.07) is 9.76. The van der Waals surface area contributed by atoms with Gasteiger partial charge in [-0.05, 0) is 24.3 Å². The summed E-state index contributed by atoms with van der Waals surface area (Å²) in [5, 5.41) is 9.84. The van der Waals surface area contributed by atoms with Crippen LogP contribution in [0.25, 0.3) is 0 Å². The van der Waals surface area contributed by atoms with E-state index in [9.17, 15) is 9.67 Å². The molecule has 0 aromatic heterocycles. The third kappa shape index (κ3) is 7.36. The van der Waals surface area contributed by atoms with Crippen LogP contribution in [0, 0.1) is 5.92 Å². The van der Waals surface area contributed by atoms with Crippen molar-refractivity contribution >= 4 is 19.8 Å². The number of rotatable bonds is 8. The average molecular weight is 362 g/mol. The Bertz CT molecular complexity index is 480. The number of hydrogen-bond acceptors (Lipinski definition) is 4. The molecule has 0 radical (unpaired) electrons. The van der Waals surface area contributed by atoms with Crippen LogP contribution in [0.15, 0.2) is 30.3 Å². The smallest absolute Gasteiger partial charge is 0.206 e. The van der Waals surface area contributed by atoms with E-state index in [0.717, 1.165) is 18.4 Å². The Morgan fingerprint density at radius 1 is 1.22 bits per heavy atom. The van der Waals surface area contributed by atoms with Gasteiger partial charge in [0.1, 0.15) is 0 Å². The van der Waals surface area contributed by atoms with Crippen LogP contribution in [0.2, 0.25) is 0 Å². The van der Waals surface area contributed by atoms with E-state index in [2.05, 4.69) is 0 Å². The molecule has 2 rings (SSSR count). The molecule has 0 aliphatic heterocycles. The summed E-state index contributed by atoms with van der Waals surface area (Å²) in [6.07, 6.45) is 5.95. The molecular formula is C17H29ClNO3P. The maximum atomic E-state index is 13.2. The Labute approximate surface area is 145 Å². The molecule has 1 unspecified atom stereocenters. The molecule has 0 saturated heterocycles. The second kappa shape index (κ2) is 10.5. The molecule has 23 heavy (non-hydrogen) atoms. The van der Waals surface area contributed by atoms with Gasteiger partial charge in [-0.3, -0.25) is 4.57 Å². The molecule has 1 aliphatic carbocycles. The number of hydrogen-bond donors (Lipinski definition) is 2. The summed E-state index contributed by atoms with van der Waals surface area (Å²) in [7, 11) is -2.86. The SMILES string of the molecule is Cl.NC[C@@H](O)CP(=O)(CC1CCCCC1)OCc1ccccc1. The molecule has 3 N–H and O–H groups in total. The van der Waals surface area contributed by atoms with E-state index in [1.165, 1.54) is 19.3 Å². The molecule has 2 atom stereocenters. The van der Waals surface area contributed by atoms with Crippen molar-refractivity contribution in [1.29, 1.82) is 0 Å². The fourth-order valence-electron chi connectivity index (χ4n) is 3.11. The Kier molecular flexibility index (Phi) is 9.41. The number of halogens is 1. The van der Waals surface area contributed by atoms with Crippen LogP contribution < -0.4 is 5.73 Å². The van der Waals surface area contributed by atoms with E-state index in [-0.39, 0.29) is 25.1 Å². The molecule has 6 heteroatoms. The van der Waals surface area contributed by atoms with Crippen LogP contribution >= 0.6 is 19.8 Å². The van der Waals surface area contributed by atoms with Gasteiger partial charge in [0.15, 0.2) is 0 Å². The Morgan fingerprint density at radius 2 is 1.87 bits per heavy atom. The summed E-state index contributed by atoms with van der Waals surface area (Å²) in [4.78, 5) is 0. The fraction of sp³-hybridized carbons (Fsp3) is 0.647. The molecule has 0 bridgehead atoms. The van der Waals surface area contributed by atoms with Crippen LogP contribution in [-0.2, 0) is 15.7 Å². The van der Waals surface area contributed by atoms with Gasteiger partial charge < -0.3 is 15.4 Å². The second-order valence-electron chi connectivity index (χ2n) is 6.33. The van der Waals surface area contributed by atoms with Crippen molar-refractivity contribution in [1.82, 2.24) is 0 Å². The maximum Gasteiger partial charge on any atom is 0.206 e. The molecule has 1 fully saturated rings. The number of nitrogens with two attached hydrogens (primary N) is 1. The van der Waals surface area contributed by atoms with E-state index < -0.39 is 13.5 Å². The monoisotopic (exact) mass is 361 g/mol. The zero-order valence-electron chi connectivity index (χ0n) is 13.6. The molecule has 1 saturated carbocycles. The Balaban J connectivity index is 0.00000264. The lowest BCUT2D eigenvalue weighted by Crippen LogP contribution is -2.26. The van der Waals surface area contributed by atoms with Crippen molar-refractivity contribution in [2.24, 2.45) is 11.7 Å². The van der Waals surface area contributed by atoms with Crippen molar-refractivity contribution in [3.8, 4) is 0 Å². The van der Waals surface area contributed by atoms with Gasteiger partial charge in [-0.25, -0.2) is 0 Å². The first-order valence-electron chi connectivity index (χ1n) is 8.26. The third-order valence-corrected chi connectivity index (χ3v) is 6.98. The first-order chi connectivity index (χ1) is 10.6. The summed E-state index contributed by atoms with van der Waals surface area (Å²) < 4.78 is 19.0. The molecule has 1 aromatic carbocycles. The Morgan fingerprint density at radius 3 is 2.48 bits per heavy atom. The molecular weight excluding hydrogens is 333 g/mol. The molecule has 4 nitrogen and oxygen atoms in total. The van der Waals surface area contributed by atoms with Gasteiger partial charge in [0.25, 0.3) is 0 Å². The van der Waals surface area contributed by atoms with Crippen molar-refractivity contribution in [3.05, 3.63) is 35.9 Å². The Hall–Kier alpha value is -0.380. The molecule has 1 aromatic rings. The fourth-order valence-corrected chi connectivity index (χ4v) is 5.79. The van der Waals surface area contributed by atoms with E-state index in [1.807, 2.05) is 30.3 Å². The first-order valence-corrected chi connectivity index (χ1v) is 10.3. The summed E-state index contributed by atoms with van der Waals surface area (Å²) in [6.45, 7) is 0.464. The van der Waals surface area contributed by atoms with Gasteiger partial charge in [-0.2, -0.15) is 0 Å². The van der Waals surface area contributed by atoms with Crippen molar-refractivity contribution in [2.75, 3.05) is 18.9 Å². The lowest BCUT2D eigenvalue weighted by atomic mass is 9.91. The average Bonchev–Trinajstić information content (AvgIpc) is 2.55. The second-order valence-corrected chi connectivity index (χ2v) is 8.95. The van der Waals surface area contributed by atoms with Crippen LogP contribution in [0.5, 0.6) is 0 Å². The molecule has 132 valence electrons. The van der Waals surface area contributed by atoms with Crippen LogP contribution in [0.1, 0.15) is 37.7 Å². The van der Waals surface area contributed by atoms with Crippen molar-refractivity contribution < 1.29 is 14.2 Å². The summed E-state index contributed by atoms with van der Waals surface area (Å²) in [5.41, 5.74) is 6.50. The topological polar surface area (TPSA) is 72.5 Å². The first kappa shape index (κ1) is 20.7. The van der Waals surface area contributed by atoms with Gasteiger partial charge in [0, 0.05) is 12.7 Å². The molecule has 0 amide bonds. The van der Waals surface area contributed by atoms with Gasteiger partial charge in [0.05, 0.1) is 18.9 Å². The highest BCUT2D eigenvalue weighted by Gasteiger charge is 2.31. The number of aliphatic hydroxyl groups is 1. The highest BCUT2D eigenvalue weighted by atomic mass is 35.5. The van der Waals surface area contributed by atoms with E-state index in [4.69, 9.17) is 10.3 Å².